The van der Waals surface area contributed by atoms with Gasteiger partial charge in [-0.25, -0.2) is 0 Å². The minimum atomic E-state index is -0.646. The first-order valence-electron chi connectivity index (χ1n) is 4.50. The zero-order valence-electron chi connectivity index (χ0n) is 8.57. The van der Waals surface area contributed by atoms with Gasteiger partial charge in [0.1, 0.15) is 0 Å². The van der Waals surface area contributed by atoms with E-state index in [1.165, 1.54) is 6.08 Å². The molecule has 1 aromatic rings. The van der Waals surface area contributed by atoms with Crippen molar-refractivity contribution >= 4 is 34.8 Å². The van der Waals surface area contributed by atoms with E-state index in [1.54, 1.807) is 0 Å². The minimum absolute atomic E-state index is 0.0150. The monoisotopic (exact) mass is 274 g/mol. The molecule has 1 amide bonds. The van der Waals surface area contributed by atoms with Crippen molar-refractivity contribution in [3.8, 4) is 0 Å². The second kappa shape index (κ2) is 5.65. The number of benzene rings is 1. The van der Waals surface area contributed by atoms with Gasteiger partial charge in [0.2, 0.25) is 0 Å². The van der Waals surface area contributed by atoms with E-state index in [0.717, 1.165) is 12.1 Å². The molecule has 0 saturated carbocycles. The van der Waals surface area contributed by atoms with Crippen molar-refractivity contribution in [2.24, 2.45) is 0 Å². The van der Waals surface area contributed by atoms with Gasteiger partial charge in [0.15, 0.2) is 0 Å². The van der Waals surface area contributed by atoms with Crippen LogP contribution < -0.4 is 5.32 Å². The van der Waals surface area contributed by atoms with E-state index in [2.05, 4.69) is 11.9 Å². The quantitative estimate of drug-likeness (QED) is 0.521. The van der Waals surface area contributed by atoms with Gasteiger partial charge in [0.25, 0.3) is 11.6 Å². The normalized spacial score (nSPS) is 9.76. The first-order valence-corrected chi connectivity index (χ1v) is 5.25. The molecule has 0 aliphatic heterocycles. The molecule has 0 bridgehead atoms. The fourth-order valence-corrected chi connectivity index (χ4v) is 1.51. The van der Waals surface area contributed by atoms with Gasteiger partial charge >= 0.3 is 0 Å². The fraction of sp³-hybridized carbons (Fsp3) is 0.100. The highest BCUT2D eigenvalue weighted by Crippen LogP contribution is 2.30. The first kappa shape index (κ1) is 13.5. The summed E-state index contributed by atoms with van der Waals surface area (Å²) < 4.78 is 0. The Morgan fingerprint density at radius 3 is 2.71 bits per heavy atom. The minimum Gasteiger partial charge on any atom is -0.349 e. The molecule has 1 N–H and O–H groups in total. The highest BCUT2D eigenvalue weighted by Gasteiger charge is 2.18. The molecule has 0 fully saturated rings. The number of rotatable bonds is 4. The summed E-state index contributed by atoms with van der Waals surface area (Å²) in [5.41, 5.74) is -0.323. The van der Waals surface area contributed by atoms with Crippen molar-refractivity contribution in [1.29, 1.82) is 0 Å². The Labute approximate surface area is 107 Å². The average Bonchev–Trinajstić information content (AvgIpc) is 2.29. The van der Waals surface area contributed by atoms with E-state index in [4.69, 9.17) is 23.2 Å². The molecule has 0 atom stereocenters. The van der Waals surface area contributed by atoms with Crippen LogP contribution in [0.1, 0.15) is 10.4 Å². The van der Waals surface area contributed by atoms with Crippen LogP contribution in [-0.4, -0.2) is 17.4 Å². The van der Waals surface area contributed by atoms with Gasteiger partial charge < -0.3 is 5.32 Å². The number of nitro groups is 1. The molecule has 0 saturated heterocycles. The van der Waals surface area contributed by atoms with Crippen LogP contribution in [0.25, 0.3) is 0 Å². The van der Waals surface area contributed by atoms with E-state index in [-0.39, 0.29) is 27.8 Å². The summed E-state index contributed by atoms with van der Waals surface area (Å²) in [6.45, 7) is 3.66. The maximum Gasteiger partial charge on any atom is 0.271 e. The third-order valence-corrected chi connectivity index (χ3v) is 2.68. The summed E-state index contributed by atoms with van der Waals surface area (Å²) >= 11 is 11.5. The number of carbonyl (C=O) groups excluding carboxylic acids is 1. The summed E-state index contributed by atoms with van der Waals surface area (Å²) in [7, 11) is 0. The molecule has 0 aliphatic carbocycles. The predicted octanol–water partition coefficient (Wildman–Crippen LogP) is 2.82. The van der Waals surface area contributed by atoms with E-state index in [0.29, 0.717) is 0 Å². The molecule has 0 aliphatic rings. The second-order valence-corrected chi connectivity index (χ2v) is 3.83. The van der Waals surface area contributed by atoms with Gasteiger partial charge in [0, 0.05) is 18.7 Å². The first-order chi connectivity index (χ1) is 7.97. The molecule has 17 heavy (non-hydrogen) atoms. The van der Waals surface area contributed by atoms with Crippen molar-refractivity contribution in [3.05, 3.63) is 50.5 Å². The zero-order chi connectivity index (χ0) is 13.0. The van der Waals surface area contributed by atoms with Crippen molar-refractivity contribution in [3.63, 3.8) is 0 Å². The van der Waals surface area contributed by atoms with Crippen LogP contribution in [0, 0.1) is 10.1 Å². The maximum atomic E-state index is 11.6. The highest BCUT2D eigenvalue weighted by atomic mass is 35.5. The number of nitrogens with one attached hydrogen (secondary N) is 1. The molecule has 0 aromatic heterocycles. The molecule has 0 spiro atoms. The van der Waals surface area contributed by atoms with Crippen molar-refractivity contribution < 1.29 is 9.72 Å². The lowest BCUT2D eigenvalue weighted by Gasteiger charge is -2.06. The lowest BCUT2D eigenvalue weighted by molar-refractivity contribution is -0.384. The smallest absolute Gasteiger partial charge is 0.271 e. The molecule has 0 radical (unpaired) electrons. The Bertz CT molecular complexity index is 489. The Kier molecular flexibility index (Phi) is 4.48. The third kappa shape index (κ3) is 3.18. The number of amides is 1. The predicted molar refractivity (Wildman–Crippen MR) is 65.6 cm³/mol. The molecule has 0 unspecified atom stereocenters. The molecule has 1 aromatic carbocycles. The van der Waals surface area contributed by atoms with Gasteiger partial charge in [0.05, 0.1) is 20.5 Å². The number of nitrogens with zero attached hydrogens (tertiary/aromatic N) is 1. The van der Waals surface area contributed by atoms with E-state index in [1.807, 2.05) is 0 Å². The van der Waals surface area contributed by atoms with Gasteiger partial charge in [-0.3, -0.25) is 14.9 Å². The highest BCUT2D eigenvalue weighted by molar-refractivity contribution is 6.44. The van der Waals surface area contributed by atoms with E-state index in [9.17, 15) is 14.9 Å². The Morgan fingerprint density at radius 1 is 1.53 bits per heavy atom. The average molecular weight is 275 g/mol. The topological polar surface area (TPSA) is 72.2 Å². The van der Waals surface area contributed by atoms with Gasteiger partial charge in [-0.15, -0.1) is 6.58 Å². The molecule has 1 rings (SSSR count). The summed E-state index contributed by atoms with van der Waals surface area (Å²) in [5, 5.41) is 13.0. The Balaban J connectivity index is 3.17. The van der Waals surface area contributed by atoms with E-state index >= 15 is 0 Å². The van der Waals surface area contributed by atoms with Crippen molar-refractivity contribution in [1.82, 2.24) is 5.32 Å². The molecule has 90 valence electrons. The molecule has 5 nitrogen and oxygen atoms in total. The molecule has 7 heteroatoms. The van der Waals surface area contributed by atoms with Crippen LogP contribution in [0.5, 0.6) is 0 Å². The summed E-state index contributed by atoms with van der Waals surface area (Å²) in [4.78, 5) is 21.6. The van der Waals surface area contributed by atoms with Crippen LogP contribution in [0.2, 0.25) is 10.0 Å². The van der Waals surface area contributed by atoms with Crippen LogP contribution in [0.4, 0.5) is 5.69 Å². The lowest BCUT2D eigenvalue weighted by atomic mass is 10.2. The van der Waals surface area contributed by atoms with Gasteiger partial charge in [-0.05, 0) is 0 Å². The number of halogens is 2. The van der Waals surface area contributed by atoms with Gasteiger partial charge in [-0.2, -0.15) is 0 Å². The zero-order valence-corrected chi connectivity index (χ0v) is 10.1. The number of hydrogen-bond acceptors (Lipinski definition) is 3. The van der Waals surface area contributed by atoms with Crippen molar-refractivity contribution in [2.75, 3.05) is 6.54 Å². The van der Waals surface area contributed by atoms with E-state index < -0.39 is 10.8 Å². The second-order valence-electron chi connectivity index (χ2n) is 3.04. The number of non-ortho nitro benzene ring substituents is 1. The lowest BCUT2D eigenvalue weighted by Crippen LogP contribution is -2.23. The van der Waals surface area contributed by atoms with Crippen LogP contribution in [-0.2, 0) is 0 Å². The summed E-state index contributed by atoms with van der Waals surface area (Å²) in [6, 6.07) is 2.17. The molecular weight excluding hydrogens is 267 g/mol. The maximum absolute atomic E-state index is 11.6. The summed E-state index contributed by atoms with van der Waals surface area (Å²) in [5.74, 6) is -0.541. The standard InChI is InChI=1S/C10H8Cl2N2O3/c1-2-3-13-10(15)7-4-6(14(16)17)5-8(11)9(7)12/h2,4-5H,1,3H2,(H,13,15). The number of nitro benzene ring substituents is 1. The van der Waals surface area contributed by atoms with Crippen LogP contribution >= 0.6 is 23.2 Å². The van der Waals surface area contributed by atoms with Crippen LogP contribution in [0.15, 0.2) is 24.8 Å². The Hall–Kier alpha value is -1.59. The van der Waals surface area contributed by atoms with Crippen LogP contribution in [0.3, 0.4) is 0 Å². The van der Waals surface area contributed by atoms with Crippen molar-refractivity contribution in [2.45, 2.75) is 0 Å². The van der Waals surface area contributed by atoms with Gasteiger partial charge in [-0.1, -0.05) is 29.3 Å². The third-order valence-electron chi connectivity index (χ3n) is 1.88. The molecule has 0 heterocycles. The molecular formula is C10H8Cl2N2O3. The number of carbonyl (C=O) groups is 1. The fourth-order valence-electron chi connectivity index (χ4n) is 1.11. The largest absolute Gasteiger partial charge is 0.349 e. The Morgan fingerprint density at radius 2 is 2.18 bits per heavy atom. The number of hydrogen-bond donors (Lipinski definition) is 1. The SMILES string of the molecule is C=CCNC(=O)c1cc([N+](=O)[O-])cc(Cl)c1Cl. The summed E-state index contributed by atoms with van der Waals surface area (Å²) in [6.07, 6.45) is 1.48.